The number of benzene rings is 1. The van der Waals surface area contributed by atoms with Crippen molar-refractivity contribution in [2.75, 3.05) is 20.8 Å². The van der Waals surface area contributed by atoms with Crippen molar-refractivity contribution in [1.29, 1.82) is 0 Å². The van der Waals surface area contributed by atoms with Gasteiger partial charge in [-0.15, -0.1) is 0 Å². The maximum atomic E-state index is 5.84. The zero-order valence-electron chi connectivity index (χ0n) is 13.3. The summed E-state index contributed by atoms with van der Waals surface area (Å²) in [5.74, 6) is 2.22. The Bertz CT molecular complexity index is 515. The second-order valence-electron chi connectivity index (χ2n) is 6.61. The van der Waals surface area contributed by atoms with Crippen molar-refractivity contribution < 1.29 is 14.2 Å². The molecule has 1 aliphatic heterocycles. The standard InChI is InChI=1S/C17H25NO3/c1-17(2)15(12-7-8-21-16(12)17)18-10-11-5-6-13(19-3)14(9-11)20-4/h5-6,9,12,15-16,18H,7-8,10H2,1-4H3. The van der Waals surface area contributed by atoms with Gasteiger partial charge in [-0.05, 0) is 24.1 Å². The number of hydrogen-bond acceptors (Lipinski definition) is 4. The highest BCUT2D eigenvalue weighted by Gasteiger charge is 2.58. The van der Waals surface area contributed by atoms with E-state index in [1.165, 1.54) is 12.0 Å². The molecular formula is C17H25NO3. The average Bonchev–Trinajstić information content (AvgIpc) is 2.93. The number of nitrogens with one attached hydrogen (secondary N) is 1. The third kappa shape index (κ3) is 2.40. The van der Waals surface area contributed by atoms with E-state index >= 15 is 0 Å². The second kappa shape index (κ2) is 5.50. The van der Waals surface area contributed by atoms with Gasteiger partial charge in [-0.2, -0.15) is 0 Å². The summed E-state index contributed by atoms with van der Waals surface area (Å²) in [5.41, 5.74) is 1.43. The third-order valence-electron chi connectivity index (χ3n) is 5.07. The minimum atomic E-state index is 0.220. The van der Waals surface area contributed by atoms with Crippen LogP contribution in [0.1, 0.15) is 25.8 Å². The monoisotopic (exact) mass is 291 g/mol. The summed E-state index contributed by atoms with van der Waals surface area (Å²) < 4.78 is 16.5. The molecule has 1 saturated carbocycles. The fourth-order valence-electron chi connectivity index (χ4n) is 3.96. The Hall–Kier alpha value is -1.26. The van der Waals surface area contributed by atoms with Crippen LogP contribution in [0.4, 0.5) is 0 Å². The summed E-state index contributed by atoms with van der Waals surface area (Å²) in [4.78, 5) is 0. The molecule has 4 nitrogen and oxygen atoms in total. The topological polar surface area (TPSA) is 39.7 Å². The van der Waals surface area contributed by atoms with E-state index in [9.17, 15) is 0 Å². The molecule has 3 rings (SSSR count). The highest BCUT2D eigenvalue weighted by Crippen LogP contribution is 2.52. The van der Waals surface area contributed by atoms with E-state index in [-0.39, 0.29) is 5.41 Å². The Balaban J connectivity index is 1.65. The molecule has 0 bridgehead atoms. The first kappa shape index (κ1) is 14.7. The molecular weight excluding hydrogens is 266 g/mol. The molecule has 0 spiro atoms. The summed E-state index contributed by atoms with van der Waals surface area (Å²) in [6, 6.07) is 6.62. The van der Waals surface area contributed by atoms with Crippen LogP contribution < -0.4 is 14.8 Å². The predicted molar refractivity (Wildman–Crippen MR) is 81.8 cm³/mol. The average molecular weight is 291 g/mol. The van der Waals surface area contributed by atoms with Gasteiger partial charge in [0, 0.05) is 30.5 Å². The van der Waals surface area contributed by atoms with Crippen molar-refractivity contribution >= 4 is 0 Å². The largest absolute Gasteiger partial charge is 0.493 e. The number of fused-ring (bicyclic) bond motifs is 1. The van der Waals surface area contributed by atoms with Crippen molar-refractivity contribution in [1.82, 2.24) is 5.32 Å². The lowest BCUT2D eigenvalue weighted by Gasteiger charge is -2.55. The number of rotatable bonds is 5. The lowest BCUT2D eigenvalue weighted by Crippen LogP contribution is -2.65. The maximum absolute atomic E-state index is 5.84. The first-order valence-corrected chi connectivity index (χ1v) is 7.64. The number of methoxy groups -OCH3 is 2. The summed E-state index contributed by atoms with van der Waals surface area (Å²) in [5, 5.41) is 3.71. The molecule has 1 heterocycles. The highest BCUT2D eigenvalue weighted by atomic mass is 16.5. The molecule has 4 heteroatoms. The molecule has 1 aromatic rings. The van der Waals surface area contributed by atoms with Crippen molar-refractivity contribution in [2.45, 2.75) is 39.0 Å². The normalized spacial score (nSPS) is 29.6. The lowest BCUT2D eigenvalue weighted by molar-refractivity contribution is -0.113. The smallest absolute Gasteiger partial charge is 0.161 e. The van der Waals surface area contributed by atoms with E-state index < -0.39 is 0 Å². The van der Waals surface area contributed by atoms with Gasteiger partial charge in [-0.25, -0.2) is 0 Å². The van der Waals surface area contributed by atoms with Gasteiger partial charge in [0.15, 0.2) is 11.5 Å². The van der Waals surface area contributed by atoms with Gasteiger partial charge in [-0.3, -0.25) is 0 Å². The number of hydrogen-bond donors (Lipinski definition) is 1. The Morgan fingerprint density at radius 2 is 2.00 bits per heavy atom. The molecule has 0 amide bonds. The van der Waals surface area contributed by atoms with Crippen LogP contribution in [-0.4, -0.2) is 33.0 Å². The summed E-state index contributed by atoms with van der Waals surface area (Å²) >= 11 is 0. The summed E-state index contributed by atoms with van der Waals surface area (Å²) in [6.45, 7) is 6.35. The summed E-state index contributed by atoms with van der Waals surface area (Å²) in [6.07, 6.45) is 1.61. The minimum absolute atomic E-state index is 0.220. The van der Waals surface area contributed by atoms with Crippen LogP contribution in [-0.2, 0) is 11.3 Å². The van der Waals surface area contributed by atoms with Crippen molar-refractivity contribution in [2.24, 2.45) is 11.3 Å². The van der Waals surface area contributed by atoms with Crippen molar-refractivity contribution in [3.05, 3.63) is 23.8 Å². The molecule has 2 fully saturated rings. The molecule has 3 atom stereocenters. The van der Waals surface area contributed by atoms with Crippen LogP contribution >= 0.6 is 0 Å². The van der Waals surface area contributed by atoms with Crippen molar-refractivity contribution in [3.8, 4) is 11.5 Å². The molecule has 0 radical (unpaired) electrons. The fraction of sp³-hybridized carbons (Fsp3) is 0.647. The lowest BCUT2D eigenvalue weighted by atomic mass is 9.57. The van der Waals surface area contributed by atoms with E-state index in [4.69, 9.17) is 14.2 Å². The number of ether oxygens (including phenoxy) is 3. The minimum Gasteiger partial charge on any atom is -0.493 e. The molecule has 2 aliphatic rings. The SMILES string of the molecule is COc1ccc(CNC2C3CCOC3C2(C)C)cc1OC. The Labute approximate surface area is 126 Å². The molecule has 1 aromatic carbocycles. The molecule has 3 unspecified atom stereocenters. The van der Waals surface area contributed by atoms with Gasteiger partial charge in [0.05, 0.1) is 20.3 Å². The van der Waals surface area contributed by atoms with Crippen LogP contribution in [0.5, 0.6) is 11.5 Å². The Kier molecular flexibility index (Phi) is 3.84. The fourth-order valence-corrected chi connectivity index (χ4v) is 3.96. The van der Waals surface area contributed by atoms with Crippen LogP contribution in [0.15, 0.2) is 18.2 Å². The van der Waals surface area contributed by atoms with E-state index in [2.05, 4.69) is 25.2 Å². The van der Waals surface area contributed by atoms with E-state index in [1.54, 1.807) is 14.2 Å². The van der Waals surface area contributed by atoms with Gasteiger partial charge in [0.25, 0.3) is 0 Å². The highest BCUT2D eigenvalue weighted by molar-refractivity contribution is 5.42. The molecule has 21 heavy (non-hydrogen) atoms. The van der Waals surface area contributed by atoms with Gasteiger partial charge < -0.3 is 19.5 Å². The van der Waals surface area contributed by atoms with Gasteiger partial charge in [-0.1, -0.05) is 19.9 Å². The first-order chi connectivity index (χ1) is 10.1. The third-order valence-corrected chi connectivity index (χ3v) is 5.07. The van der Waals surface area contributed by atoms with Crippen LogP contribution in [0, 0.1) is 11.3 Å². The first-order valence-electron chi connectivity index (χ1n) is 7.64. The van der Waals surface area contributed by atoms with Crippen LogP contribution in [0.3, 0.4) is 0 Å². The zero-order valence-corrected chi connectivity index (χ0v) is 13.3. The molecule has 116 valence electrons. The van der Waals surface area contributed by atoms with Gasteiger partial charge >= 0.3 is 0 Å². The Morgan fingerprint density at radius 3 is 2.71 bits per heavy atom. The molecule has 1 N–H and O–H groups in total. The predicted octanol–water partition coefficient (Wildman–Crippen LogP) is 2.61. The van der Waals surface area contributed by atoms with Crippen LogP contribution in [0.25, 0.3) is 0 Å². The van der Waals surface area contributed by atoms with Gasteiger partial charge in [0.1, 0.15) is 0 Å². The maximum Gasteiger partial charge on any atom is 0.161 e. The van der Waals surface area contributed by atoms with Gasteiger partial charge in [0.2, 0.25) is 0 Å². The Morgan fingerprint density at radius 1 is 1.24 bits per heavy atom. The van der Waals surface area contributed by atoms with E-state index in [0.29, 0.717) is 18.1 Å². The molecule has 1 saturated heterocycles. The molecule has 0 aromatic heterocycles. The summed E-state index contributed by atoms with van der Waals surface area (Å²) in [7, 11) is 3.33. The molecule has 1 aliphatic carbocycles. The quantitative estimate of drug-likeness (QED) is 0.905. The van der Waals surface area contributed by atoms with E-state index in [1.807, 2.05) is 12.1 Å². The van der Waals surface area contributed by atoms with Crippen molar-refractivity contribution in [3.63, 3.8) is 0 Å². The van der Waals surface area contributed by atoms with Crippen LogP contribution in [0.2, 0.25) is 0 Å². The van der Waals surface area contributed by atoms with E-state index in [0.717, 1.165) is 24.7 Å². The second-order valence-corrected chi connectivity index (χ2v) is 6.61. The zero-order chi connectivity index (χ0) is 15.0.